The molecule has 0 bridgehead atoms. The van der Waals surface area contributed by atoms with Gasteiger partial charge in [-0.15, -0.1) is 0 Å². The van der Waals surface area contributed by atoms with Gasteiger partial charge in [0.1, 0.15) is 0 Å². The average molecular weight is 274 g/mol. The monoisotopic (exact) mass is 274 g/mol. The summed E-state index contributed by atoms with van der Waals surface area (Å²) in [6.45, 7) is 8.25. The molecule has 0 saturated carbocycles. The lowest BCUT2D eigenvalue weighted by Gasteiger charge is -2.31. The van der Waals surface area contributed by atoms with E-state index in [1.165, 1.54) is 0 Å². The molecule has 0 aromatic carbocycles. The van der Waals surface area contributed by atoms with Crippen LogP contribution >= 0.6 is 11.8 Å². The van der Waals surface area contributed by atoms with E-state index in [0.29, 0.717) is 18.9 Å². The zero-order valence-corrected chi connectivity index (χ0v) is 13.5. The number of rotatable bonds is 8. The summed E-state index contributed by atoms with van der Waals surface area (Å²) >= 11 is 1.77. The number of nitrogens with zero attached hydrogens (tertiary/aromatic N) is 1. The van der Waals surface area contributed by atoms with Crippen LogP contribution in [0.1, 0.15) is 40.0 Å². The molecule has 0 aliphatic heterocycles. The van der Waals surface area contributed by atoms with Crippen molar-refractivity contribution in [3.8, 4) is 0 Å². The summed E-state index contributed by atoms with van der Waals surface area (Å²) in [6, 6.07) is 0. The quantitative estimate of drug-likeness (QED) is 0.740. The van der Waals surface area contributed by atoms with Gasteiger partial charge in [0.25, 0.3) is 0 Å². The number of nitrogens with two attached hydrogens (primary N) is 1. The summed E-state index contributed by atoms with van der Waals surface area (Å²) < 4.78 is 0. The fourth-order valence-electron chi connectivity index (χ4n) is 2.05. The lowest BCUT2D eigenvalue weighted by atomic mass is 9.76. The van der Waals surface area contributed by atoms with Crippen LogP contribution in [0.3, 0.4) is 0 Å². The Hall–Kier alpha value is -0.220. The lowest BCUT2D eigenvalue weighted by molar-refractivity contribution is -0.130. The fourth-order valence-corrected chi connectivity index (χ4v) is 2.51. The van der Waals surface area contributed by atoms with Crippen LogP contribution in [0, 0.1) is 11.3 Å². The van der Waals surface area contributed by atoms with Crippen molar-refractivity contribution in [3.05, 3.63) is 0 Å². The van der Waals surface area contributed by atoms with Gasteiger partial charge in [0.15, 0.2) is 0 Å². The number of thioether (sulfide) groups is 1. The van der Waals surface area contributed by atoms with Gasteiger partial charge in [-0.3, -0.25) is 4.79 Å². The van der Waals surface area contributed by atoms with Crippen LogP contribution < -0.4 is 5.73 Å². The van der Waals surface area contributed by atoms with Crippen LogP contribution in [0.15, 0.2) is 0 Å². The van der Waals surface area contributed by atoms with E-state index in [1.807, 2.05) is 11.9 Å². The molecule has 4 heteroatoms. The molecular weight excluding hydrogens is 244 g/mol. The van der Waals surface area contributed by atoms with Gasteiger partial charge in [-0.25, -0.2) is 0 Å². The van der Waals surface area contributed by atoms with Gasteiger partial charge in [0.2, 0.25) is 5.91 Å². The highest BCUT2D eigenvalue weighted by molar-refractivity contribution is 7.98. The maximum absolute atomic E-state index is 12.0. The van der Waals surface area contributed by atoms with Gasteiger partial charge >= 0.3 is 0 Å². The van der Waals surface area contributed by atoms with E-state index in [2.05, 4.69) is 27.0 Å². The Bertz CT molecular complexity index is 238. The molecule has 0 aliphatic carbocycles. The standard InChI is InChI=1S/C14H30N2OS/c1-14(2,3)12(8-9-15)6-7-13(17)16(4)10-11-18-5/h12H,6-11,15H2,1-5H3. The maximum atomic E-state index is 12.0. The summed E-state index contributed by atoms with van der Waals surface area (Å²) in [5.74, 6) is 1.80. The second kappa shape index (κ2) is 8.81. The van der Waals surface area contributed by atoms with E-state index in [0.717, 1.165) is 25.1 Å². The van der Waals surface area contributed by atoms with Gasteiger partial charge in [-0.2, -0.15) is 11.8 Å². The first-order valence-corrected chi connectivity index (χ1v) is 8.15. The number of hydrogen-bond donors (Lipinski definition) is 1. The number of amides is 1. The minimum atomic E-state index is 0.234. The first-order chi connectivity index (χ1) is 8.32. The molecule has 0 spiro atoms. The third kappa shape index (κ3) is 7.27. The minimum absolute atomic E-state index is 0.234. The number of hydrogen-bond acceptors (Lipinski definition) is 3. The van der Waals surface area contributed by atoms with Crippen LogP contribution in [-0.2, 0) is 4.79 Å². The molecule has 0 rings (SSSR count). The van der Waals surface area contributed by atoms with Gasteiger partial charge < -0.3 is 10.6 Å². The first kappa shape index (κ1) is 17.8. The van der Waals surface area contributed by atoms with Crippen molar-refractivity contribution in [1.29, 1.82) is 0 Å². The summed E-state index contributed by atoms with van der Waals surface area (Å²) in [7, 11) is 1.90. The Morgan fingerprint density at radius 3 is 2.39 bits per heavy atom. The van der Waals surface area contributed by atoms with Gasteiger partial charge in [0, 0.05) is 25.8 Å². The second-order valence-corrected chi connectivity index (χ2v) is 6.97. The fraction of sp³-hybridized carbons (Fsp3) is 0.929. The highest BCUT2D eigenvalue weighted by Gasteiger charge is 2.24. The predicted octanol–water partition coefficient (Wildman–Crippen LogP) is 2.60. The molecule has 0 aromatic heterocycles. The summed E-state index contributed by atoms with van der Waals surface area (Å²) in [6.07, 6.45) is 4.66. The molecule has 18 heavy (non-hydrogen) atoms. The van der Waals surface area contributed by atoms with Crippen molar-refractivity contribution in [2.75, 3.05) is 32.1 Å². The van der Waals surface area contributed by atoms with Crippen LogP contribution in [0.4, 0.5) is 0 Å². The predicted molar refractivity (Wildman–Crippen MR) is 81.9 cm³/mol. The Balaban J connectivity index is 4.14. The Morgan fingerprint density at radius 1 is 1.33 bits per heavy atom. The number of carbonyl (C=O) groups is 1. The van der Waals surface area contributed by atoms with Crippen molar-refractivity contribution in [2.45, 2.75) is 40.0 Å². The molecule has 2 N–H and O–H groups in total. The zero-order chi connectivity index (χ0) is 14.2. The van der Waals surface area contributed by atoms with E-state index in [9.17, 15) is 4.79 Å². The van der Waals surface area contributed by atoms with Crippen LogP contribution in [0.5, 0.6) is 0 Å². The van der Waals surface area contributed by atoms with E-state index >= 15 is 0 Å². The molecule has 0 saturated heterocycles. The van der Waals surface area contributed by atoms with Crippen molar-refractivity contribution in [2.24, 2.45) is 17.1 Å². The molecule has 108 valence electrons. The van der Waals surface area contributed by atoms with Crippen molar-refractivity contribution in [1.82, 2.24) is 4.90 Å². The lowest BCUT2D eigenvalue weighted by Crippen LogP contribution is -2.31. The molecule has 1 amide bonds. The topological polar surface area (TPSA) is 46.3 Å². The highest BCUT2D eigenvalue weighted by atomic mass is 32.2. The number of carbonyl (C=O) groups excluding carboxylic acids is 1. The molecule has 0 fully saturated rings. The zero-order valence-electron chi connectivity index (χ0n) is 12.7. The Morgan fingerprint density at radius 2 is 1.94 bits per heavy atom. The SMILES string of the molecule is CSCCN(C)C(=O)CCC(CCN)C(C)(C)C. The molecule has 0 aliphatic rings. The van der Waals surface area contributed by atoms with Crippen molar-refractivity contribution in [3.63, 3.8) is 0 Å². The minimum Gasteiger partial charge on any atom is -0.345 e. The van der Waals surface area contributed by atoms with Gasteiger partial charge in [-0.1, -0.05) is 20.8 Å². The molecule has 1 atom stereocenters. The normalized spacial score (nSPS) is 13.4. The summed E-state index contributed by atoms with van der Waals surface area (Å²) in [5.41, 5.74) is 5.89. The van der Waals surface area contributed by atoms with Gasteiger partial charge in [0.05, 0.1) is 0 Å². The first-order valence-electron chi connectivity index (χ1n) is 6.76. The Kier molecular flexibility index (Phi) is 8.70. The maximum Gasteiger partial charge on any atom is 0.222 e. The van der Waals surface area contributed by atoms with Crippen molar-refractivity contribution < 1.29 is 4.79 Å². The largest absolute Gasteiger partial charge is 0.345 e. The average Bonchev–Trinajstić information content (AvgIpc) is 2.29. The summed E-state index contributed by atoms with van der Waals surface area (Å²) in [5, 5.41) is 0. The smallest absolute Gasteiger partial charge is 0.222 e. The molecular formula is C14H30N2OS. The van der Waals surface area contributed by atoms with Crippen LogP contribution in [0.25, 0.3) is 0 Å². The summed E-state index contributed by atoms with van der Waals surface area (Å²) in [4.78, 5) is 13.8. The van der Waals surface area contributed by atoms with Crippen LogP contribution in [-0.4, -0.2) is 43.0 Å². The molecule has 1 unspecified atom stereocenters. The van der Waals surface area contributed by atoms with E-state index < -0.39 is 0 Å². The van der Waals surface area contributed by atoms with Gasteiger partial charge in [-0.05, 0) is 37.0 Å². The highest BCUT2D eigenvalue weighted by Crippen LogP contribution is 2.32. The Labute approximate surface area is 117 Å². The van der Waals surface area contributed by atoms with Crippen LogP contribution in [0.2, 0.25) is 0 Å². The third-order valence-electron chi connectivity index (χ3n) is 3.50. The van der Waals surface area contributed by atoms with Crippen molar-refractivity contribution >= 4 is 17.7 Å². The molecule has 0 radical (unpaired) electrons. The van der Waals surface area contributed by atoms with E-state index in [-0.39, 0.29) is 11.3 Å². The molecule has 0 heterocycles. The molecule has 0 aromatic rings. The molecule has 3 nitrogen and oxygen atoms in total. The van der Waals surface area contributed by atoms with E-state index in [4.69, 9.17) is 5.73 Å². The second-order valence-electron chi connectivity index (χ2n) is 5.99. The van der Waals surface area contributed by atoms with E-state index in [1.54, 1.807) is 11.8 Å². The third-order valence-corrected chi connectivity index (χ3v) is 4.09.